The Morgan fingerprint density at radius 1 is 0.812 bits per heavy atom. The van der Waals surface area contributed by atoms with E-state index in [1.54, 1.807) is 0 Å². The molecule has 0 saturated heterocycles. The van der Waals surface area contributed by atoms with Crippen LogP contribution in [0.4, 0.5) is 0 Å². The van der Waals surface area contributed by atoms with E-state index in [2.05, 4.69) is 0 Å². The van der Waals surface area contributed by atoms with Crippen LogP contribution >= 0.6 is 0 Å². The van der Waals surface area contributed by atoms with Gasteiger partial charge in [-0.15, -0.1) is 0 Å². The van der Waals surface area contributed by atoms with Crippen molar-refractivity contribution in [3.8, 4) is 0 Å². The van der Waals surface area contributed by atoms with E-state index in [4.69, 9.17) is 11.5 Å². The van der Waals surface area contributed by atoms with Crippen LogP contribution in [0.5, 0.6) is 0 Å². The van der Waals surface area contributed by atoms with Crippen molar-refractivity contribution in [3.63, 3.8) is 0 Å². The molecule has 3 aliphatic carbocycles. The highest BCUT2D eigenvalue weighted by atomic mass is 16.1. The van der Waals surface area contributed by atoms with Gasteiger partial charge in [-0.05, 0) is 50.4 Å². The second kappa shape index (κ2) is 3.81. The van der Waals surface area contributed by atoms with Crippen LogP contribution < -0.4 is 11.5 Å². The Hall–Kier alpha value is -0.410. The lowest BCUT2D eigenvalue weighted by molar-refractivity contribution is -0.125. The van der Waals surface area contributed by atoms with Crippen molar-refractivity contribution in [2.45, 2.75) is 50.6 Å². The fourth-order valence-corrected chi connectivity index (χ4v) is 4.41. The molecule has 3 heteroatoms. The lowest BCUT2D eigenvalue weighted by Gasteiger charge is -2.34. The number of carbonyl (C=O) groups excluding carboxylic acids is 1. The average Bonchev–Trinajstić information content (AvgIpc) is 2.53. The molecular formula is C13H22N2O. The van der Waals surface area contributed by atoms with Gasteiger partial charge >= 0.3 is 0 Å². The second-order valence-electron chi connectivity index (χ2n) is 6.09. The van der Waals surface area contributed by atoms with Gasteiger partial charge in [0.1, 0.15) is 5.78 Å². The first kappa shape index (κ1) is 10.7. The summed E-state index contributed by atoms with van der Waals surface area (Å²) < 4.78 is 0. The molecule has 6 unspecified atom stereocenters. The van der Waals surface area contributed by atoms with Crippen molar-refractivity contribution < 1.29 is 4.79 Å². The molecule has 90 valence electrons. The zero-order chi connectivity index (χ0) is 11.3. The molecule has 4 N–H and O–H groups in total. The second-order valence-corrected chi connectivity index (χ2v) is 6.09. The van der Waals surface area contributed by atoms with E-state index in [1.807, 2.05) is 0 Å². The quantitative estimate of drug-likeness (QED) is 0.644. The zero-order valence-electron chi connectivity index (χ0n) is 9.77. The fourth-order valence-electron chi connectivity index (χ4n) is 4.41. The summed E-state index contributed by atoms with van der Waals surface area (Å²) in [4.78, 5) is 12.4. The standard InChI is InChI=1S/C13H22N2O/c14-7-1-3-9-10-4-2-8(15)6-12(10)13(16)11(9)5-7/h7-12H,1-6,14-15H2. The number of hydrogen-bond acceptors (Lipinski definition) is 3. The van der Waals surface area contributed by atoms with Gasteiger partial charge in [-0.2, -0.15) is 0 Å². The molecule has 0 bridgehead atoms. The lowest BCUT2D eigenvalue weighted by atomic mass is 9.72. The maximum absolute atomic E-state index is 12.4. The maximum Gasteiger partial charge on any atom is 0.139 e. The van der Waals surface area contributed by atoms with Gasteiger partial charge in [-0.3, -0.25) is 4.79 Å². The van der Waals surface area contributed by atoms with Crippen molar-refractivity contribution in [2.24, 2.45) is 35.1 Å². The molecule has 0 aromatic rings. The minimum atomic E-state index is 0.263. The van der Waals surface area contributed by atoms with E-state index < -0.39 is 0 Å². The van der Waals surface area contributed by atoms with Gasteiger partial charge < -0.3 is 11.5 Å². The van der Waals surface area contributed by atoms with Crippen LogP contribution in [0.3, 0.4) is 0 Å². The van der Waals surface area contributed by atoms with E-state index in [0.29, 0.717) is 17.6 Å². The Bertz CT molecular complexity index is 276. The van der Waals surface area contributed by atoms with Crippen LogP contribution in [0.25, 0.3) is 0 Å². The van der Waals surface area contributed by atoms with Gasteiger partial charge in [-0.1, -0.05) is 0 Å². The third-order valence-electron chi connectivity index (χ3n) is 5.17. The van der Waals surface area contributed by atoms with Crippen LogP contribution in [0, 0.1) is 23.7 Å². The molecule has 0 radical (unpaired) electrons. The lowest BCUT2D eigenvalue weighted by Crippen LogP contribution is -2.35. The van der Waals surface area contributed by atoms with Gasteiger partial charge in [-0.25, -0.2) is 0 Å². The van der Waals surface area contributed by atoms with Crippen molar-refractivity contribution >= 4 is 5.78 Å². The summed E-state index contributed by atoms with van der Waals surface area (Å²) in [6.07, 6.45) is 6.45. The molecule has 16 heavy (non-hydrogen) atoms. The molecule has 3 saturated carbocycles. The van der Waals surface area contributed by atoms with Crippen molar-refractivity contribution in [1.29, 1.82) is 0 Å². The molecule has 0 spiro atoms. The van der Waals surface area contributed by atoms with Gasteiger partial charge in [0.2, 0.25) is 0 Å². The number of rotatable bonds is 0. The summed E-state index contributed by atoms with van der Waals surface area (Å²) in [6.45, 7) is 0. The largest absolute Gasteiger partial charge is 0.328 e. The first-order chi connectivity index (χ1) is 7.66. The van der Waals surface area contributed by atoms with Gasteiger partial charge in [0.25, 0.3) is 0 Å². The molecule has 3 nitrogen and oxygen atoms in total. The molecule has 3 fully saturated rings. The molecule has 0 amide bonds. The third kappa shape index (κ3) is 1.52. The topological polar surface area (TPSA) is 69.1 Å². The first-order valence-corrected chi connectivity index (χ1v) is 6.71. The molecular weight excluding hydrogens is 200 g/mol. The molecule has 0 aliphatic heterocycles. The van der Waals surface area contributed by atoms with Crippen molar-refractivity contribution in [2.75, 3.05) is 0 Å². The van der Waals surface area contributed by atoms with Crippen LogP contribution in [0.2, 0.25) is 0 Å². The number of nitrogens with two attached hydrogens (primary N) is 2. The Morgan fingerprint density at radius 2 is 1.25 bits per heavy atom. The fraction of sp³-hybridized carbons (Fsp3) is 0.923. The van der Waals surface area contributed by atoms with E-state index >= 15 is 0 Å². The molecule has 3 aliphatic rings. The van der Waals surface area contributed by atoms with E-state index in [9.17, 15) is 4.79 Å². The summed E-state index contributed by atoms with van der Waals surface area (Å²) in [5, 5.41) is 0. The highest BCUT2D eigenvalue weighted by Crippen LogP contribution is 2.51. The van der Waals surface area contributed by atoms with E-state index in [0.717, 1.165) is 25.7 Å². The predicted octanol–water partition coefficient (Wildman–Crippen LogP) is 1.06. The Kier molecular flexibility index (Phi) is 2.55. The highest BCUT2D eigenvalue weighted by Gasteiger charge is 2.52. The van der Waals surface area contributed by atoms with Crippen molar-refractivity contribution in [3.05, 3.63) is 0 Å². The Balaban J connectivity index is 1.82. The maximum atomic E-state index is 12.4. The van der Waals surface area contributed by atoms with E-state index in [1.165, 1.54) is 12.8 Å². The Morgan fingerprint density at radius 3 is 1.69 bits per heavy atom. The van der Waals surface area contributed by atoms with Crippen molar-refractivity contribution in [1.82, 2.24) is 0 Å². The SMILES string of the molecule is NC1CCC2C(C1)C(=O)C1CC(N)CCC12. The normalized spacial score (nSPS) is 52.2. The number of carbonyl (C=O) groups is 1. The van der Waals surface area contributed by atoms with Gasteiger partial charge in [0.15, 0.2) is 0 Å². The van der Waals surface area contributed by atoms with Gasteiger partial charge in [0, 0.05) is 23.9 Å². The smallest absolute Gasteiger partial charge is 0.139 e. The highest BCUT2D eigenvalue weighted by molar-refractivity contribution is 5.86. The monoisotopic (exact) mass is 222 g/mol. The Labute approximate surface area is 96.9 Å². The van der Waals surface area contributed by atoms with Crippen LogP contribution in [0.15, 0.2) is 0 Å². The van der Waals surface area contributed by atoms with Gasteiger partial charge in [0.05, 0.1) is 0 Å². The summed E-state index contributed by atoms with van der Waals surface area (Å²) in [5.74, 6) is 2.35. The third-order valence-corrected chi connectivity index (χ3v) is 5.17. The minimum Gasteiger partial charge on any atom is -0.328 e. The van der Waals surface area contributed by atoms with Crippen LogP contribution in [-0.4, -0.2) is 17.9 Å². The predicted molar refractivity (Wildman–Crippen MR) is 62.6 cm³/mol. The molecule has 0 heterocycles. The molecule has 0 aromatic heterocycles. The first-order valence-electron chi connectivity index (χ1n) is 6.71. The summed E-state index contributed by atoms with van der Waals surface area (Å²) >= 11 is 0. The summed E-state index contributed by atoms with van der Waals surface area (Å²) in [5.41, 5.74) is 12.0. The molecule has 3 rings (SSSR count). The summed E-state index contributed by atoms with van der Waals surface area (Å²) in [7, 11) is 0. The van der Waals surface area contributed by atoms with Crippen LogP contribution in [-0.2, 0) is 4.79 Å². The zero-order valence-corrected chi connectivity index (χ0v) is 9.77. The number of Topliss-reactive ketones (excluding diaryl/α,β-unsaturated/α-hetero) is 1. The molecule has 6 atom stereocenters. The molecule has 0 aromatic carbocycles. The number of hydrogen-bond donors (Lipinski definition) is 2. The summed E-state index contributed by atoms with van der Waals surface area (Å²) in [6, 6.07) is 0.526. The van der Waals surface area contributed by atoms with Crippen LogP contribution in [0.1, 0.15) is 38.5 Å². The average molecular weight is 222 g/mol. The minimum absolute atomic E-state index is 0.263. The number of ketones is 1. The van der Waals surface area contributed by atoms with E-state index in [-0.39, 0.29) is 23.9 Å². The number of fused-ring (bicyclic) bond motifs is 3.